The molecule has 0 radical (unpaired) electrons. The van der Waals surface area contributed by atoms with E-state index in [0.29, 0.717) is 17.4 Å². The molecule has 0 aromatic heterocycles. The summed E-state index contributed by atoms with van der Waals surface area (Å²) in [5, 5.41) is 14.3. The topological polar surface area (TPSA) is 90.6 Å². The van der Waals surface area contributed by atoms with Crippen molar-refractivity contribution in [3.8, 4) is 0 Å². The molecule has 1 fully saturated rings. The van der Waals surface area contributed by atoms with E-state index in [1.165, 1.54) is 19.3 Å². The highest BCUT2D eigenvalue weighted by Crippen LogP contribution is 2.24. The molecule has 1 saturated heterocycles. The molecular formula is C14H22N4O2. The minimum absolute atomic E-state index is 0.482. The molecule has 0 saturated carbocycles. The summed E-state index contributed by atoms with van der Waals surface area (Å²) in [6, 6.07) is 5.67. The number of carbonyl (C=O) groups is 1. The largest absolute Gasteiger partial charge is 0.465 e. The van der Waals surface area contributed by atoms with E-state index in [-0.39, 0.29) is 0 Å². The molecule has 110 valence electrons. The first kappa shape index (κ1) is 14.5. The van der Waals surface area contributed by atoms with Gasteiger partial charge in [0.1, 0.15) is 0 Å². The summed E-state index contributed by atoms with van der Waals surface area (Å²) in [7, 11) is 2.15. The first-order valence-electron chi connectivity index (χ1n) is 6.90. The van der Waals surface area contributed by atoms with E-state index >= 15 is 0 Å². The maximum Gasteiger partial charge on any atom is 0.409 e. The van der Waals surface area contributed by atoms with Crippen LogP contribution < -0.4 is 16.4 Å². The summed E-state index contributed by atoms with van der Waals surface area (Å²) in [6.45, 7) is 2.00. The van der Waals surface area contributed by atoms with Crippen LogP contribution >= 0.6 is 0 Å². The highest BCUT2D eigenvalue weighted by Gasteiger charge is 2.18. The fraction of sp³-hybridized carbons (Fsp3) is 0.500. The number of amides is 1. The van der Waals surface area contributed by atoms with E-state index in [0.717, 1.165) is 18.8 Å². The van der Waals surface area contributed by atoms with Crippen LogP contribution in [-0.4, -0.2) is 42.3 Å². The van der Waals surface area contributed by atoms with E-state index in [1.807, 2.05) is 6.07 Å². The number of rotatable bonds is 4. The van der Waals surface area contributed by atoms with E-state index < -0.39 is 6.09 Å². The number of likely N-dealkylation sites (tertiary alicyclic amines) is 1. The third kappa shape index (κ3) is 3.77. The van der Waals surface area contributed by atoms with E-state index in [1.54, 1.807) is 12.1 Å². The van der Waals surface area contributed by atoms with Crippen LogP contribution in [0.2, 0.25) is 0 Å². The molecule has 1 aromatic rings. The van der Waals surface area contributed by atoms with Crippen LogP contribution in [0.5, 0.6) is 0 Å². The monoisotopic (exact) mass is 278 g/mol. The zero-order valence-corrected chi connectivity index (χ0v) is 11.7. The quantitative estimate of drug-likeness (QED) is 0.634. The van der Waals surface area contributed by atoms with Crippen molar-refractivity contribution in [2.75, 3.05) is 36.5 Å². The van der Waals surface area contributed by atoms with Gasteiger partial charge in [-0.2, -0.15) is 0 Å². The number of anilines is 3. The summed E-state index contributed by atoms with van der Waals surface area (Å²) >= 11 is 0. The Morgan fingerprint density at radius 2 is 2.30 bits per heavy atom. The molecule has 0 spiro atoms. The van der Waals surface area contributed by atoms with Crippen molar-refractivity contribution in [2.45, 2.75) is 25.3 Å². The second-order valence-corrected chi connectivity index (χ2v) is 5.24. The highest BCUT2D eigenvalue weighted by molar-refractivity contribution is 5.85. The first-order valence-corrected chi connectivity index (χ1v) is 6.90. The molecule has 1 atom stereocenters. The number of likely N-dealkylation sites (N-methyl/N-ethyl adjacent to an activating group) is 1. The lowest BCUT2D eigenvalue weighted by molar-refractivity contribution is 0.194. The minimum atomic E-state index is -1.09. The molecule has 6 heteroatoms. The Labute approximate surface area is 119 Å². The van der Waals surface area contributed by atoms with Crippen molar-refractivity contribution in [1.29, 1.82) is 0 Å². The summed E-state index contributed by atoms with van der Waals surface area (Å²) < 4.78 is 0. The lowest BCUT2D eigenvalue weighted by Crippen LogP contribution is -2.40. The van der Waals surface area contributed by atoms with E-state index in [4.69, 9.17) is 10.8 Å². The Morgan fingerprint density at radius 1 is 1.50 bits per heavy atom. The predicted molar refractivity (Wildman–Crippen MR) is 81.3 cm³/mol. The number of nitrogen functional groups attached to an aromatic ring is 1. The van der Waals surface area contributed by atoms with Gasteiger partial charge < -0.3 is 21.1 Å². The standard InChI is InChI=1S/C14H22N4O2/c1-18-7-3-2-4-11(18)9-16-13-6-5-10(8-12(13)15)17-14(19)20/h5-6,8,11,16-17H,2-4,7,9,15H2,1H3,(H,19,20)/t11-/m1/s1. The third-order valence-corrected chi connectivity index (χ3v) is 3.75. The van der Waals surface area contributed by atoms with Crippen LogP contribution in [0, 0.1) is 0 Å². The normalized spacial score (nSPS) is 19.6. The second kappa shape index (κ2) is 6.47. The van der Waals surface area contributed by atoms with Crippen LogP contribution in [0.3, 0.4) is 0 Å². The van der Waals surface area contributed by atoms with Crippen molar-refractivity contribution in [2.24, 2.45) is 0 Å². The predicted octanol–water partition coefficient (Wildman–Crippen LogP) is 2.25. The molecular weight excluding hydrogens is 256 g/mol. The molecule has 0 aliphatic carbocycles. The average molecular weight is 278 g/mol. The van der Waals surface area contributed by atoms with Gasteiger partial charge in [0.05, 0.1) is 11.4 Å². The molecule has 2 rings (SSSR count). The Kier molecular flexibility index (Phi) is 4.68. The van der Waals surface area contributed by atoms with Gasteiger partial charge in [0, 0.05) is 18.3 Å². The molecule has 1 aromatic carbocycles. The number of nitrogens with two attached hydrogens (primary N) is 1. The number of nitrogens with zero attached hydrogens (tertiary/aromatic N) is 1. The Hall–Kier alpha value is -1.95. The maximum absolute atomic E-state index is 10.6. The number of carboxylic acid groups (broad SMARTS) is 1. The zero-order valence-electron chi connectivity index (χ0n) is 11.7. The number of benzene rings is 1. The van der Waals surface area contributed by atoms with Gasteiger partial charge >= 0.3 is 6.09 Å². The molecule has 0 bridgehead atoms. The average Bonchev–Trinajstić information content (AvgIpc) is 2.39. The number of nitrogens with one attached hydrogen (secondary N) is 2. The van der Waals surface area contributed by atoms with Gasteiger partial charge in [-0.05, 0) is 44.6 Å². The van der Waals surface area contributed by atoms with Crippen molar-refractivity contribution in [1.82, 2.24) is 4.90 Å². The number of hydrogen-bond acceptors (Lipinski definition) is 4. The fourth-order valence-electron chi connectivity index (χ4n) is 2.55. The van der Waals surface area contributed by atoms with Crippen molar-refractivity contribution >= 4 is 23.2 Å². The van der Waals surface area contributed by atoms with Crippen molar-refractivity contribution < 1.29 is 9.90 Å². The molecule has 20 heavy (non-hydrogen) atoms. The molecule has 1 amide bonds. The van der Waals surface area contributed by atoms with Gasteiger partial charge in [-0.15, -0.1) is 0 Å². The third-order valence-electron chi connectivity index (χ3n) is 3.75. The summed E-state index contributed by atoms with van der Waals surface area (Å²) in [5.41, 5.74) is 7.82. The Balaban J connectivity index is 1.94. The number of piperidine rings is 1. The van der Waals surface area contributed by atoms with Gasteiger partial charge in [0.15, 0.2) is 0 Å². The molecule has 6 nitrogen and oxygen atoms in total. The number of hydrogen-bond donors (Lipinski definition) is 4. The van der Waals surface area contributed by atoms with E-state index in [2.05, 4.69) is 22.6 Å². The van der Waals surface area contributed by atoms with Crippen LogP contribution in [0.1, 0.15) is 19.3 Å². The minimum Gasteiger partial charge on any atom is -0.465 e. The zero-order chi connectivity index (χ0) is 14.5. The van der Waals surface area contributed by atoms with Gasteiger partial charge in [-0.25, -0.2) is 4.79 Å². The maximum atomic E-state index is 10.6. The van der Waals surface area contributed by atoms with Gasteiger partial charge in [-0.3, -0.25) is 5.32 Å². The van der Waals surface area contributed by atoms with Crippen molar-refractivity contribution in [3.63, 3.8) is 0 Å². The highest BCUT2D eigenvalue weighted by atomic mass is 16.4. The lowest BCUT2D eigenvalue weighted by atomic mass is 10.0. The van der Waals surface area contributed by atoms with Crippen LogP contribution in [0.25, 0.3) is 0 Å². The Bertz CT molecular complexity index is 478. The molecule has 5 N–H and O–H groups in total. The van der Waals surface area contributed by atoms with Crippen LogP contribution in [0.4, 0.5) is 21.9 Å². The fourth-order valence-corrected chi connectivity index (χ4v) is 2.55. The molecule has 1 heterocycles. The van der Waals surface area contributed by atoms with Crippen LogP contribution in [0.15, 0.2) is 18.2 Å². The summed E-state index contributed by atoms with van der Waals surface area (Å²) in [4.78, 5) is 12.9. The molecule has 1 aliphatic rings. The van der Waals surface area contributed by atoms with Crippen molar-refractivity contribution in [3.05, 3.63) is 18.2 Å². The van der Waals surface area contributed by atoms with Crippen LogP contribution in [-0.2, 0) is 0 Å². The van der Waals surface area contributed by atoms with Gasteiger partial charge in [-0.1, -0.05) is 6.42 Å². The summed E-state index contributed by atoms with van der Waals surface area (Å²) in [5.74, 6) is 0. The molecule has 1 aliphatic heterocycles. The summed E-state index contributed by atoms with van der Waals surface area (Å²) in [6.07, 6.45) is 2.65. The van der Waals surface area contributed by atoms with Gasteiger partial charge in [0.25, 0.3) is 0 Å². The smallest absolute Gasteiger partial charge is 0.409 e. The van der Waals surface area contributed by atoms with E-state index in [9.17, 15) is 4.79 Å². The second-order valence-electron chi connectivity index (χ2n) is 5.24. The Morgan fingerprint density at radius 3 is 2.95 bits per heavy atom. The molecule has 0 unspecified atom stereocenters. The first-order chi connectivity index (χ1) is 9.56. The lowest BCUT2D eigenvalue weighted by Gasteiger charge is -2.32. The van der Waals surface area contributed by atoms with Gasteiger partial charge in [0.2, 0.25) is 0 Å². The SMILES string of the molecule is CN1CCCC[C@@H]1CNc1ccc(NC(=O)O)cc1N.